The van der Waals surface area contributed by atoms with E-state index in [9.17, 15) is 9.59 Å². The Morgan fingerprint density at radius 3 is 2.69 bits per heavy atom. The predicted octanol–water partition coefficient (Wildman–Crippen LogP) is 4.11. The maximum absolute atomic E-state index is 14.2. The van der Waals surface area contributed by atoms with Crippen LogP contribution in [-0.2, 0) is 16.1 Å². The molecule has 0 saturated heterocycles. The van der Waals surface area contributed by atoms with E-state index in [1.54, 1.807) is 43.5 Å². The van der Waals surface area contributed by atoms with Crippen LogP contribution in [-0.4, -0.2) is 47.3 Å². The first-order valence-electron chi connectivity index (χ1n) is 12.9. The van der Waals surface area contributed by atoms with Gasteiger partial charge in [-0.3, -0.25) is 14.5 Å². The summed E-state index contributed by atoms with van der Waals surface area (Å²) >= 11 is 0. The Morgan fingerprint density at radius 1 is 1.05 bits per heavy atom. The summed E-state index contributed by atoms with van der Waals surface area (Å²) in [7, 11) is 1.56. The predicted molar refractivity (Wildman–Crippen MR) is 146 cm³/mol. The molecule has 5 rings (SSSR count). The Kier molecular flexibility index (Phi) is 7.62. The molecule has 10 nitrogen and oxygen atoms in total. The van der Waals surface area contributed by atoms with Gasteiger partial charge in [0.05, 0.1) is 12.6 Å². The molecule has 1 aliphatic heterocycles. The van der Waals surface area contributed by atoms with Crippen molar-refractivity contribution in [2.24, 2.45) is 5.92 Å². The molecule has 1 N–H and O–H groups in total. The molecular weight excluding hydrogens is 498 g/mol. The number of aromatic nitrogens is 3. The van der Waals surface area contributed by atoms with Crippen LogP contribution in [0.3, 0.4) is 0 Å². The number of fused-ring (bicyclic) bond motifs is 2. The third kappa shape index (κ3) is 5.64. The van der Waals surface area contributed by atoms with Crippen LogP contribution >= 0.6 is 0 Å². The number of hydrogen-bond acceptors (Lipinski definition) is 7. The van der Waals surface area contributed by atoms with E-state index in [0.29, 0.717) is 46.5 Å². The molecule has 0 saturated carbocycles. The minimum atomic E-state index is -0.991. The summed E-state index contributed by atoms with van der Waals surface area (Å²) in [6, 6.07) is 18.8. The number of nitrogens with zero attached hydrogens (tertiary/aromatic N) is 4. The molecule has 1 aromatic heterocycles. The molecule has 0 unspecified atom stereocenters. The standard InChI is InChI=1S/C29H31N5O5/c1-19(2)13-14-30-29(36)28(20-7-6-8-22(15-20)37-3)34(21-11-12-25-26(16-21)39-18-38-25)27(35)17-33-24-10-5-4-9-23(24)31-32-33/h4-12,15-16,19,28H,13-14,17-18H2,1-3H3,(H,30,36)/t28-/m1/s1. The average molecular weight is 530 g/mol. The number of carbonyl (C=O) groups excluding carboxylic acids is 2. The monoisotopic (exact) mass is 529 g/mol. The van der Waals surface area contributed by atoms with E-state index in [2.05, 4.69) is 29.5 Å². The molecule has 202 valence electrons. The van der Waals surface area contributed by atoms with Crippen molar-refractivity contribution >= 4 is 28.5 Å². The van der Waals surface area contributed by atoms with Gasteiger partial charge in [-0.2, -0.15) is 0 Å². The van der Waals surface area contributed by atoms with E-state index < -0.39 is 6.04 Å². The van der Waals surface area contributed by atoms with E-state index in [-0.39, 0.29) is 25.2 Å². The second kappa shape index (κ2) is 11.4. The van der Waals surface area contributed by atoms with Crippen LogP contribution < -0.4 is 24.4 Å². The maximum atomic E-state index is 14.2. The van der Waals surface area contributed by atoms with Gasteiger partial charge in [0.1, 0.15) is 23.9 Å². The van der Waals surface area contributed by atoms with Crippen molar-refractivity contribution in [3.05, 3.63) is 72.3 Å². The number of amides is 2. The normalized spacial score (nSPS) is 12.9. The molecule has 0 fully saturated rings. The number of benzene rings is 3. The van der Waals surface area contributed by atoms with Crippen molar-refractivity contribution in [1.82, 2.24) is 20.3 Å². The first-order chi connectivity index (χ1) is 18.9. The molecule has 39 heavy (non-hydrogen) atoms. The van der Waals surface area contributed by atoms with Crippen molar-refractivity contribution in [3.8, 4) is 17.2 Å². The van der Waals surface area contributed by atoms with Crippen LogP contribution in [0.1, 0.15) is 31.9 Å². The van der Waals surface area contributed by atoms with Crippen molar-refractivity contribution in [3.63, 3.8) is 0 Å². The number of anilines is 1. The number of methoxy groups -OCH3 is 1. The zero-order chi connectivity index (χ0) is 27.4. The largest absolute Gasteiger partial charge is 0.497 e. The van der Waals surface area contributed by atoms with Gasteiger partial charge < -0.3 is 19.5 Å². The number of para-hydroxylation sites is 1. The Hall–Kier alpha value is -4.60. The first kappa shape index (κ1) is 26.0. The maximum Gasteiger partial charge on any atom is 0.249 e. The molecule has 2 amide bonds. The third-order valence-corrected chi connectivity index (χ3v) is 6.55. The molecule has 10 heteroatoms. The van der Waals surface area contributed by atoms with Crippen LogP contribution in [0, 0.1) is 5.92 Å². The van der Waals surface area contributed by atoms with E-state index in [4.69, 9.17) is 14.2 Å². The second-order valence-corrected chi connectivity index (χ2v) is 9.69. The Labute approximate surface area is 226 Å². The highest BCUT2D eigenvalue weighted by Crippen LogP contribution is 2.38. The highest BCUT2D eigenvalue weighted by atomic mass is 16.7. The van der Waals surface area contributed by atoms with Gasteiger partial charge in [0, 0.05) is 18.3 Å². The Morgan fingerprint density at radius 2 is 1.87 bits per heavy atom. The number of carbonyl (C=O) groups is 2. The summed E-state index contributed by atoms with van der Waals surface area (Å²) in [6.45, 7) is 4.63. The van der Waals surface area contributed by atoms with Gasteiger partial charge >= 0.3 is 0 Å². The fourth-order valence-corrected chi connectivity index (χ4v) is 4.52. The first-order valence-corrected chi connectivity index (χ1v) is 12.9. The topological polar surface area (TPSA) is 108 Å². The van der Waals surface area contributed by atoms with Gasteiger partial charge in [-0.1, -0.05) is 43.3 Å². The second-order valence-electron chi connectivity index (χ2n) is 9.69. The lowest BCUT2D eigenvalue weighted by atomic mass is 10.0. The lowest BCUT2D eigenvalue weighted by molar-refractivity contribution is -0.127. The minimum absolute atomic E-state index is 0.0900. The lowest BCUT2D eigenvalue weighted by Crippen LogP contribution is -2.45. The smallest absolute Gasteiger partial charge is 0.249 e. The highest BCUT2D eigenvalue weighted by molar-refractivity contribution is 6.01. The highest BCUT2D eigenvalue weighted by Gasteiger charge is 2.34. The fourth-order valence-electron chi connectivity index (χ4n) is 4.52. The molecule has 0 radical (unpaired) electrons. The zero-order valence-corrected chi connectivity index (χ0v) is 22.2. The molecule has 0 aliphatic carbocycles. The van der Waals surface area contributed by atoms with Crippen LogP contribution in [0.5, 0.6) is 17.2 Å². The molecule has 2 heterocycles. The minimum Gasteiger partial charge on any atom is -0.497 e. The van der Waals surface area contributed by atoms with Crippen LogP contribution in [0.25, 0.3) is 11.0 Å². The van der Waals surface area contributed by atoms with Gasteiger partial charge in [-0.15, -0.1) is 5.10 Å². The lowest BCUT2D eigenvalue weighted by Gasteiger charge is -2.32. The van der Waals surface area contributed by atoms with Gasteiger partial charge in [0.25, 0.3) is 0 Å². The number of hydrogen-bond donors (Lipinski definition) is 1. The van der Waals surface area contributed by atoms with Crippen molar-refractivity contribution < 1.29 is 23.8 Å². The van der Waals surface area contributed by atoms with E-state index in [1.165, 1.54) is 9.58 Å². The van der Waals surface area contributed by atoms with Gasteiger partial charge in [0.15, 0.2) is 11.5 Å². The molecule has 1 aliphatic rings. The van der Waals surface area contributed by atoms with E-state index in [1.807, 2.05) is 30.3 Å². The summed E-state index contributed by atoms with van der Waals surface area (Å²) in [5.41, 5.74) is 2.48. The summed E-state index contributed by atoms with van der Waals surface area (Å²) in [4.78, 5) is 29.5. The van der Waals surface area contributed by atoms with Gasteiger partial charge in [0.2, 0.25) is 18.6 Å². The van der Waals surface area contributed by atoms with Gasteiger partial charge in [-0.25, -0.2) is 4.68 Å². The van der Waals surface area contributed by atoms with Crippen molar-refractivity contribution in [2.75, 3.05) is 25.3 Å². The third-order valence-electron chi connectivity index (χ3n) is 6.55. The number of ether oxygens (including phenoxy) is 3. The fraction of sp³-hybridized carbons (Fsp3) is 0.310. The molecule has 4 aromatic rings. The van der Waals surface area contributed by atoms with Crippen LogP contribution in [0.2, 0.25) is 0 Å². The summed E-state index contributed by atoms with van der Waals surface area (Å²) in [5.74, 6) is 1.41. The Bertz CT molecular complexity index is 1480. The number of nitrogens with one attached hydrogen (secondary N) is 1. The summed E-state index contributed by atoms with van der Waals surface area (Å²) in [6.07, 6.45) is 0.805. The number of rotatable bonds is 10. The average Bonchev–Trinajstić information content (AvgIpc) is 3.58. The van der Waals surface area contributed by atoms with Crippen LogP contribution in [0.15, 0.2) is 66.7 Å². The Balaban J connectivity index is 1.58. The van der Waals surface area contributed by atoms with Gasteiger partial charge in [-0.05, 0) is 54.3 Å². The quantitative estimate of drug-likeness (QED) is 0.329. The zero-order valence-electron chi connectivity index (χ0n) is 22.2. The molecular formula is C29H31N5O5. The van der Waals surface area contributed by atoms with Crippen molar-refractivity contribution in [2.45, 2.75) is 32.9 Å². The van der Waals surface area contributed by atoms with Crippen LogP contribution in [0.4, 0.5) is 5.69 Å². The van der Waals surface area contributed by atoms with E-state index in [0.717, 1.165) is 11.9 Å². The molecule has 0 spiro atoms. The van der Waals surface area contributed by atoms with E-state index >= 15 is 0 Å². The molecule has 3 aromatic carbocycles. The molecule has 1 atom stereocenters. The van der Waals surface area contributed by atoms with Crippen molar-refractivity contribution in [1.29, 1.82) is 0 Å². The SMILES string of the molecule is COc1cccc([C@H](C(=O)NCCC(C)C)N(C(=O)Cn2nnc3ccccc32)c2ccc3c(c2)OCO3)c1. The summed E-state index contributed by atoms with van der Waals surface area (Å²) in [5, 5.41) is 11.4. The summed E-state index contributed by atoms with van der Waals surface area (Å²) < 4.78 is 18.1. The molecule has 0 bridgehead atoms.